The fourth-order valence-corrected chi connectivity index (χ4v) is 3.28. The second-order valence-electron chi connectivity index (χ2n) is 5.90. The van der Waals surface area contributed by atoms with Crippen molar-refractivity contribution in [3.8, 4) is 0 Å². The summed E-state index contributed by atoms with van der Waals surface area (Å²) in [6.45, 7) is 7.48. The molecule has 136 valence electrons. The van der Waals surface area contributed by atoms with Crippen molar-refractivity contribution in [2.75, 3.05) is 33.2 Å². The molecule has 1 aliphatic rings. The Balaban J connectivity index is 0.00000288. The normalized spacial score (nSPS) is 20.4. The van der Waals surface area contributed by atoms with Gasteiger partial charge in [-0.2, -0.15) is 0 Å². The van der Waals surface area contributed by atoms with Gasteiger partial charge in [0, 0.05) is 25.7 Å². The molecule has 4 nitrogen and oxygen atoms in total. The van der Waals surface area contributed by atoms with Crippen molar-refractivity contribution in [1.29, 1.82) is 0 Å². The average molecular weight is 469 g/mol. The first-order valence-corrected chi connectivity index (χ1v) is 8.62. The van der Waals surface area contributed by atoms with Crippen LogP contribution in [0.3, 0.4) is 0 Å². The van der Waals surface area contributed by atoms with Crippen molar-refractivity contribution >= 4 is 41.5 Å². The van der Waals surface area contributed by atoms with Crippen molar-refractivity contribution in [3.05, 3.63) is 34.6 Å². The molecule has 2 atom stereocenters. The second-order valence-corrected chi connectivity index (χ2v) is 6.30. The van der Waals surface area contributed by atoms with Gasteiger partial charge in [0.05, 0.1) is 5.02 Å². The molecule has 0 aromatic heterocycles. The molecule has 0 radical (unpaired) electrons. The SMILES string of the molecule is CCNC(=NCC1CCN(C)C1c1ccc(Cl)c(F)c1)NCC.I. The number of nitrogens with one attached hydrogen (secondary N) is 2. The predicted octanol–water partition coefficient (Wildman–Crippen LogP) is 3.66. The zero-order valence-corrected chi connectivity index (χ0v) is 17.6. The van der Waals surface area contributed by atoms with Gasteiger partial charge in [-0.15, -0.1) is 24.0 Å². The number of guanidine groups is 1. The third-order valence-electron chi connectivity index (χ3n) is 4.23. The molecule has 0 spiro atoms. The number of benzene rings is 1. The maximum absolute atomic E-state index is 13.8. The number of rotatable bonds is 5. The van der Waals surface area contributed by atoms with E-state index in [4.69, 9.17) is 11.6 Å². The van der Waals surface area contributed by atoms with E-state index in [-0.39, 0.29) is 40.9 Å². The van der Waals surface area contributed by atoms with Gasteiger partial charge < -0.3 is 10.6 Å². The minimum Gasteiger partial charge on any atom is -0.357 e. The Hall–Kier alpha value is -0.600. The van der Waals surface area contributed by atoms with Gasteiger partial charge >= 0.3 is 0 Å². The van der Waals surface area contributed by atoms with Crippen LogP contribution < -0.4 is 10.6 Å². The molecule has 1 saturated heterocycles. The van der Waals surface area contributed by atoms with Gasteiger partial charge in [-0.3, -0.25) is 9.89 Å². The first kappa shape index (κ1) is 21.4. The van der Waals surface area contributed by atoms with E-state index in [1.165, 1.54) is 0 Å². The minimum atomic E-state index is -0.354. The second kappa shape index (κ2) is 10.4. The van der Waals surface area contributed by atoms with E-state index in [0.717, 1.165) is 37.6 Å². The van der Waals surface area contributed by atoms with Crippen LogP contribution in [0.2, 0.25) is 5.02 Å². The lowest BCUT2D eigenvalue weighted by molar-refractivity contribution is 0.279. The van der Waals surface area contributed by atoms with Gasteiger partial charge in [0.2, 0.25) is 0 Å². The average Bonchev–Trinajstić information content (AvgIpc) is 2.89. The summed E-state index contributed by atoms with van der Waals surface area (Å²) in [4.78, 5) is 6.95. The molecular formula is C17H27ClFIN4. The lowest BCUT2D eigenvalue weighted by Crippen LogP contribution is -2.37. The van der Waals surface area contributed by atoms with Crippen LogP contribution in [-0.2, 0) is 0 Å². The fourth-order valence-electron chi connectivity index (χ4n) is 3.16. The molecule has 1 fully saturated rings. The van der Waals surface area contributed by atoms with Crippen LogP contribution in [0.5, 0.6) is 0 Å². The van der Waals surface area contributed by atoms with Crippen molar-refractivity contribution in [2.45, 2.75) is 26.3 Å². The monoisotopic (exact) mass is 468 g/mol. The molecule has 1 heterocycles. The molecule has 1 aromatic carbocycles. The minimum absolute atomic E-state index is 0. The predicted molar refractivity (Wildman–Crippen MR) is 110 cm³/mol. The molecule has 1 aliphatic heterocycles. The Morgan fingerprint density at radius 1 is 1.33 bits per heavy atom. The van der Waals surface area contributed by atoms with E-state index in [0.29, 0.717) is 12.5 Å². The number of aliphatic imine (C=N–C) groups is 1. The summed E-state index contributed by atoms with van der Waals surface area (Å²) >= 11 is 5.81. The Kier molecular flexibility index (Phi) is 9.30. The highest BCUT2D eigenvalue weighted by atomic mass is 127. The highest BCUT2D eigenvalue weighted by Gasteiger charge is 2.33. The smallest absolute Gasteiger partial charge is 0.191 e. The van der Waals surface area contributed by atoms with Crippen LogP contribution in [0, 0.1) is 11.7 Å². The van der Waals surface area contributed by atoms with E-state index in [2.05, 4.69) is 41.4 Å². The first-order chi connectivity index (χ1) is 11.1. The number of halogens is 3. The molecule has 0 saturated carbocycles. The quantitative estimate of drug-likeness (QED) is 0.394. The lowest BCUT2D eigenvalue weighted by Gasteiger charge is -2.25. The molecule has 24 heavy (non-hydrogen) atoms. The third kappa shape index (κ3) is 5.46. The van der Waals surface area contributed by atoms with Gasteiger partial charge in [0.15, 0.2) is 5.96 Å². The van der Waals surface area contributed by atoms with Crippen LogP contribution in [0.4, 0.5) is 4.39 Å². The molecule has 2 unspecified atom stereocenters. The molecule has 7 heteroatoms. The molecule has 2 rings (SSSR count). The Bertz CT molecular complexity index is 547. The van der Waals surface area contributed by atoms with Crippen molar-refractivity contribution in [3.63, 3.8) is 0 Å². The van der Waals surface area contributed by atoms with Crippen LogP contribution in [0.15, 0.2) is 23.2 Å². The summed E-state index contributed by atoms with van der Waals surface area (Å²) in [5, 5.41) is 6.65. The third-order valence-corrected chi connectivity index (χ3v) is 4.54. The van der Waals surface area contributed by atoms with Crippen LogP contribution in [0.25, 0.3) is 0 Å². The van der Waals surface area contributed by atoms with Crippen LogP contribution in [-0.4, -0.2) is 44.1 Å². The summed E-state index contributed by atoms with van der Waals surface area (Å²) in [5.41, 5.74) is 0.973. The molecule has 0 amide bonds. The van der Waals surface area contributed by atoms with Gasteiger partial charge in [0.25, 0.3) is 0 Å². The Morgan fingerprint density at radius 2 is 2.00 bits per heavy atom. The molecule has 0 aliphatic carbocycles. The summed E-state index contributed by atoms with van der Waals surface area (Å²) in [7, 11) is 2.08. The molecule has 1 aromatic rings. The highest BCUT2D eigenvalue weighted by Crippen LogP contribution is 2.37. The van der Waals surface area contributed by atoms with Gasteiger partial charge in [0.1, 0.15) is 5.82 Å². The maximum Gasteiger partial charge on any atom is 0.191 e. The zero-order valence-electron chi connectivity index (χ0n) is 14.5. The van der Waals surface area contributed by atoms with E-state index >= 15 is 0 Å². The van der Waals surface area contributed by atoms with E-state index in [9.17, 15) is 4.39 Å². The maximum atomic E-state index is 13.8. The largest absolute Gasteiger partial charge is 0.357 e. The van der Waals surface area contributed by atoms with Gasteiger partial charge in [-0.1, -0.05) is 17.7 Å². The number of likely N-dealkylation sites (tertiary alicyclic amines) is 1. The standard InChI is InChI=1S/C17H26ClFN4.HI/c1-4-20-17(21-5-2)22-11-13-8-9-23(3)16(13)12-6-7-14(18)15(19)10-12;/h6-7,10,13,16H,4-5,8-9,11H2,1-3H3,(H2,20,21,22);1H. The molecule has 0 bridgehead atoms. The van der Waals surface area contributed by atoms with Crippen molar-refractivity contribution in [1.82, 2.24) is 15.5 Å². The van der Waals surface area contributed by atoms with Gasteiger partial charge in [-0.25, -0.2) is 4.39 Å². The van der Waals surface area contributed by atoms with E-state index < -0.39 is 0 Å². The summed E-state index contributed by atoms with van der Waals surface area (Å²) in [5.74, 6) is 0.853. The molecule has 2 N–H and O–H groups in total. The number of hydrogen-bond acceptors (Lipinski definition) is 2. The van der Waals surface area contributed by atoms with E-state index in [1.54, 1.807) is 12.1 Å². The summed E-state index contributed by atoms with van der Waals surface area (Å²) < 4.78 is 13.8. The number of nitrogens with zero attached hydrogens (tertiary/aromatic N) is 2. The number of hydrogen-bond donors (Lipinski definition) is 2. The Labute approximate surface area is 166 Å². The topological polar surface area (TPSA) is 39.7 Å². The first-order valence-electron chi connectivity index (χ1n) is 8.24. The van der Waals surface area contributed by atoms with E-state index in [1.807, 2.05) is 6.07 Å². The fraction of sp³-hybridized carbons (Fsp3) is 0.588. The van der Waals surface area contributed by atoms with Crippen molar-refractivity contribution in [2.24, 2.45) is 10.9 Å². The Morgan fingerprint density at radius 3 is 2.58 bits per heavy atom. The van der Waals surface area contributed by atoms with Crippen LogP contribution in [0.1, 0.15) is 31.9 Å². The summed E-state index contributed by atoms with van der Waals surface area (Å²) in [6.07, 6.45) is 1.06. The molecular weight excluding hydrogens is 442 g/mol. The van der Waals surface area contributed by atoms with Crippen LogP contribution >= 0.6 is 35.6 Å². The summed E-state index contributed by atoms with van der Waals surface area (Å²) in [6, 6.07) is 5.29. The lowest BCUT2D eigenvalue weighted by atomic mass is 9.94. The zero-order chi connectivity index (χ0) is 16.8. The van der Waals surface area contributed by atoms with Gasteiger partial charge in [-0.05, 0) is 57.5 Å². The highest BCUT2D eigenvalue weighted by molar-refractivity contribution is 14.0. The van der Waals surface area contributed by atoms with Crippen molar-refractivity contribution < 1.29 is 4.39 Å².